The Morgan fingerprint density at radius 1 is 0.833 bits per heavy atom. The number of rotatable bonds is 13. The van der Waals surface area contributed by atoms with Gasteiger partial charge in [0.05, 0.1) is 0 Å². The molecule has 24 heavy (non-hydrogen) atoms. The molecule has 132 valence electrons. The standard InChI is InChI=1S/C20H29NO3/c21-24-20(23)15-11-6-4-2-1-3-5-10-14-19(22)17-16-18-12-8-7-9-13-18/h7-9,12-13,16-17H,1-6,10-11,14-15,21H2/b17-16+. The first-order valence-electron chi connectivity index (χ1n) is 8.88. The molecule has 4 heteroatoms. The maximum atomic E-state index is 11.8. The highest BCUT2D eigenvalue weighted by Gasteiger charge is 2.00. The molecule has 0 radical (unpaired) electrons. The summed E-state index contributed by atoms with van der Waals surface area (Å²) in [5, 5.41) is 0. The molecule has 0 spiro atoms. The van der Waals surface area contributed by atoms with Gasteiger partial charge < -0.3 is 4.84 Å². The number of ketones is 1. The van der Waals surface area contributed by atoms with Crippen LogP contribution in [0.4, 0.5) is 0 Å². The molecule has 0 heterocycles. The van der Waals surface area contributed by atoms with Crippen LogP contribution in [0.25, 0.3) is 6.08 Å². The van der Waals surface area contributed by atoms with Crippen molar-refractivity contribution < 1.29 is 14.4 Å². The molecule has 2 N–H and O–H groups in total. The zero-order chi connectivity index (χ0) is 17.5. The molecule has 0 fully saturated rings. The quantitative estimate of drug-likeness (QED) is 0.326. The van der Waals surface area contributed by atoms with Crippen molar-refractivity contribution in [1.29, 1.82) is 0 Å². The van der Waals surface area contributed by atoms with Crippen molar-refractivity contribution in [3.8, 4) is 0 Å². The van der Waals surface area contributed by atoms with Crippen LogP contribution in [0.1, 0.15) is 69.8 Å². The lowest BCUT2D eigenvalue weighted by Crippen LogP contribution is -2.08. The fourth-order valence-corrected chi connectivity index (χ4v) is 2.52. The minimum absolute atomic E-state index is 0.200. The predicted octanol–water partition coefficient (Wildman–Crippen LogP) is 4.59. The predicted molar refractivity (Wildman–Crippen MR) is 96.9 cm³/mol. The van der Waals surface area contributed by atoms with Crippen LogP contribution in [-0.4, -0.2) is 11.8 Å². The van der Waals surface area contributed by atoms with Crippen molar-refractivity contribution in [2.75, 3.05) is 0 Å². The van der Waals surface area contributed by atoms with Gasteiger partial charge in [-0.25, -0.2) is 0 Å². The minimum atomic E-state index is -0.332. The van der Waals surface area contributed by atoms with E-state index in [1.165, 1.54) is 19.3 Å². The second-order valence-corrected chi connectivity index (χ2v) is 6.03. The third kappa shape index (κ3) is 10.7. The van der Waals surface area contributed by atoms with Gasteiger partial charge in [-0.1, -0.05) is 74.9 Å². The molecular formula is C20H29NO3. The van der Waals surface area contributed by atoms with E-state index in [2.05, 4.69) is 4.84 Å². The van der Waals surface area contributed by atoms with Gasteiger partial charge in [0.25, 0.3) is 0 Å². The number of carbonyl (C=O) groups excluding carboxylic acids is 2. The van der Waals surface area contributed by atoms with Gasteiger partial charge in [0.2, 0.25) is 0 Å². The third-order valence-corrected chi connectivity index (χ3v) is 3.95. The van der Waals surface area contributed by atoms with Gasteiger partial charge in [-0.05, 0) is 24.5 Å². The first-order valence-corrected chi connectivity index (χ1v) is 8.88. The maximum absolute atomic E-state index is 11.8. The molecule has 0 aliphatic rings. The Kier molecular flexibility index (Phi) is 11.3. The highest BCUT2D eigenvalue weighted by molar-refractivity contribution is 5.93. The molecule has 1 rings (SSSR count). The number of hydrogen-bond acceptors (Lipinski definition) is 4. The Hall–Kier alpha value is -1.94. The molecule has 0 aliphatic heterocycles. The first kappa shape index (κ1) is 20.1. The summed E-state index contributed by atoms with van der Waals surface area (Å²) in [7, 11) is 0. The van der Waals surface area contributed by atoms with Crippen LogP contribution < -0.4 is 5.90 Å². The van der Waals surface area contributed by atoms with Gasteiger partial charge in [-0.3, -0.25) is 9.59 Å². The van der Waals surface area contributed by atoms with Crippen molar-refractivity contribution in [1.82, 2.24) is 0 Å². The van der Waals surface area contributed by atoms with Gasteiger partial charge in [-0.15, -0.1) is 0 Å². The molecule has 1 aromatic carbocycles. The Balaban J connectivity index is 1.92. The average Bonchev–Trinajstić information content (AvgIpc) is 2.62. The molecular weight excluding hydrogens is 302 g/mol. The van der Waals surface area contributed by atoms with Crippen molar-refractivity contribution >= 4 is 17.8 Å². The molecule has 1 aromatic rings. The van der Waals surface area contributed by atoms with Crippen LogP contribution >= 0.6 is 0 Å². The first-order chi connectivity index (χ1) is 11.7. The fourth-order valence-electron chi connectivity index (χ4n) is 2.52. The highest BCUT2D eigenvalue weighted by atomic mass is 16.7. The van der Waals surface area contributed by atoms with E-state index in [9.17, 15) is 9.59 Å². The van der Waals surface area contributed by atoms with Crippen LogP contribution in [-0.2, 0) is 14.4 Å². The number of unbranched alkanes of at least 4 members (excludes halogenated alkanes) is 7. The summed E-state index contributed by atoms with van der Waals surface area (Å²) in [6, 6.07) is 9.88. The summed E-state index contributed by atoms with van der Waals surface area (Å²) in [4.78, 5) is 26.7. The van der Waals surface area contributed by atoms with Gasteiger partial charge >= 0.3 is 5.97 Å². The van der Waals surface area contributed by atoms with Crippen LogP contribution in [0.2, 0.25) is 0 Å². The molecule has 4 nitrogen and oxygen atoms in total. The topological polar surface area (TPSA) is 69.4 Å². The second-order valence-electron chi connectivity index (χ2n) is 6.03. The van der Waals surface area contributed by atoms with Crippen molar-refractivity contribution in [3.05, 3.63) is 42.0 Å². The molecule has 0 aliphatic carbocycles. The Morgan fingerprint density at radius 2 is 1.38 bits per heavy atom. The van der Waals surface area contributed by atoms with E-state index in [1.807, 2.05) is 36.4 Å². The van der Waals surface area contributed by atoms with Crippen LogP contribution in [0.3, 0.4) is 0 Å². The molecule has 0 amide bonds. The number of benzene rings is 1. The van der Waals surface area contributed by atoms with E-state index < -0.39 is 0 Å². The van der Waals surface area contributed by atoms with E-state index >= 15 is 0 Å². The Morgan fingerprint density at radius 3 is 1.96 bits per heavy atom. The van der Waals surface area contributed by atoms with Gasteiger partial charge in [-0.2, -0.15) is 5.90 Å². The van der Waals surface area contributed by atoms with E-state index in [4.69, 9.17) is 5.90 Å². The maximum Gasteiger partial charge on any atom is 0.324 e. The van der Waals surface area contributed by atoms with E-state index in [1.54, 1.807) is 6.08 Å². The minimum Gasteiger partial charge on any atom is -0.373 e. The largest absolute Gasteiger partial charge is 0.373 e. The highest BCUT2D eigenvalue weighted by Crippen LogP contribution is 2.11. The molecule has 0 atom stereocenters. The average molecular weight is 331 g/mol. The van der Waals surface area contributed by atoms with Crippen LogP contribution in [0.15, 0.2) is 36.4 Å². The van der Waals surface area contributed by atoms with Crippen LogP contribution in [0.5, 0.6) is 0 Å². The molecule has 0 saturated carbocycles. The molecule has 0 saturated heterocycles. The zero-order valence-corrected chi connectivity index (χ0v) is 14.4. The summed E-state index contributed by atoms with van der Waals surface area (Å²) in [5.74, 6) is 4.64. The van der Waals surface area contributed by atoms with Gasteiger partial charge in [0, 0.05) is 12.8 Å². The molecule has 0 bridgehead atoms. The monoisotopic (exact) mass is 331 g/mol. The lowest BCUT2D eigenvalue weighted by atomic mass is 10.0. The van der Waals surface area contributed by atoms with Crippen molar-refractivity contribution in [3.63, 3.8) is 0 Å². The third-order valence-electron chi connectivity index (χ3n) is 3.95. The van der Waals surface area contributed by atoms with Crippen molar-refractivity contribution in [2.45, 2.75) is 64.2 Å². The Bertz CT molecular complexity index is 497. The summed E-state index contributed by atoms with van der Waals surface area (Å²) in [5.41, 5.74) is 1.06. The summed E-state index contributed by atoms with van der Waals surface area (Å²) in [6.45, 7) is 0. The molecule has 0 aromatic heterocycles. The van der Waals surface area contributed by atoms with E-state index in [0.717, 1.165) is 37.7 Å². The number of hydrogen-bond donors (Lipinski definition) is 1. The van der Waals surface area contributed by atoms with Crippen LogP contribution in [0, 0.1) is 0 Å². The van der Waals surface area contributed by atoms with Gasteiger partial charge in [0.15, 0.2) is 5.78 Å². The lowest BCUT2D eigenvalue weighted by molar-refractivity contribution is -0.144. The summed E-state index contributed by atoms with van der Waals surface area (Å²) >= 11 is 0. The van der Waals surface area contributed by atoms with E-state index in [0.29, 0.717) is 12.8 Å². The van der Waals surface area contributed by atoms with Gasteiger partial charge in [0.1, 0.15) is 0 Å². The normalized spacial score (nSPS) is 10.9. The summed E-state index contributed by atoms with van der Waals surface area (Å²) < 4.78 is 0. The summed E-state index contributed by atoms with van der Waals surface area (Å²) in [6.07, 6.45) is 13.2. The number of nitrogens with two attached hydrogens (primary N) is 1. The lowest BCUT2D eigenvalue weighted by Gasteiger charge is -2.01. The second kappa shape index (κ2) is 13.5. The molecule has 0 unspecified atom stereocenters. The van der Waals surface area contributed by atoms with Crippen molar-refractivity contribution in [2.24, 2.45) is 5.90 Å². The van der Waals surface area contributed by atoms with E-state index in [-0.39, 0.29) is 11.8 Å². The number of allylic oxidation sites excluding steroid dienone is 1. The fraction of sp³-hybridized carbons (Fsp3) is 0.500. The smallest absolute Gasteiger partial charge is 0.324 e. The zero-order valence-electron chi connectivity index (χ0n) is 14.4. The SMILES string of the molecule is NOC(=O)CCCCCCCCCCC(=O)/C=C/c1ccccc1. The Labute approximate surface area is 145 Å². The number of carbonyl (C=O) groups is 2.